The number of amides is 1. The van der Waals surface area contributed by atoms with Crippen LogP contribution < -0.4 is 10.1 Å². The fourth-order valence-electron chi connectivity index (χ4n) is 3.90. The molecule has 6 nitrogen and oxygen atoms in total. The van der Waals surface area contributed by atoms with E-state index in [9.17, 15) is 9.18 Å². The summed E-state index contributed by atoms with van der Waals surface area (Å²) in [5.41, 5.74) is 2.33. The molecule has 4 rings (SSSR count). The van der Waals surface area contributed by atoms with E-state index in [-0.39, 0.29) is 17.6 Å². The summed E-state index contributed by atoms with van der Waals surface area (Å²) in [6, 6.07) is 12.7. The van der Waals surface area contributed by atoms with E-state index in [0.29, 0.717) is 24.5 Å². The van der Waals surface area contributed by atoms with Crippen molar-refractivity contribution < 1.29 is 18.3 Å². The zero-order valence-corrected chi connectivity index (χ0v) is 18.4. The lowest BCUT2D eigenvalue weighted by Crippen LogP contribution is -2.40. The summed E-state index contributed by atoms with van der Waals surface area (Å²) < 4.78 is 24.8. The number of ether oxygens (including phenoxy) is 1. The van der Waals surface area contributed by atoms with E-state index >= 15 is 0 Å². The molecular formula is C25H28FN3O3. The number of nitrogens with zero attached hydrogens (tertiary/aromatic N) is 2. The summed E-state index contributed by atoms with van der Waals surface area (Å²) in [6.07, 6.45) is 3.30. The molecule has 0 atom stereocenters. The van der Waals surface area contributed by atoms with Gasteiger partial charge in [0.25, 0.3) is 0 Å². The first-order valence-electron chi connectivity index (χ1n) is 10.9. The number of halogens is 1. The van der Waals surface area contributed by atoms with Crippen molar-refractivity contribution in [2.75, 3.05) is 20.2 Å². The molecule has 1 fully saturated rings. The molecule has 3 aromatic rings. The van der Waals surface area contributed by atoms with Crippen LogP contribution in [0.3, 0.4) is 0 Å². The Kier molecular flexibility index (Phi) is 6.85. The van der Waals surface area contributed by atoms with Gasteiger partial charge in [-0.2, -0.15) is 0 Å². The van der Waals surface area contributed by atoms with Gasteiger partial charge < -0.3 is 14.5 Å². The molecule has 0 unspecified atom stereocenters. The Labute approximate surface area is 187 Å². The maximum Gasteiger partial charge on any atom is 0.223 e. The summed E-state index contributed by atoms with van der Waals surface area (Å²) in [4.78, 5) is 19.2. The molecule has 1 saturated heterocycles. The first-order chi connectivity index (χ1) is 15.5. The first-order valence-corrected chi connectivity index (χ1v) is 10.9. The predicted molar refractivity (Wildman–Crippen MR) is 119 cm³/mol. The van der Waals surface area contributed by atoms with Crippen LogP contribution in [-0.2, 0) is 17.9 Å². The van der Waals surface area contributed by atoms with Crippen LogP contribution in [0.5, 0.6) is 5.75 Å². The lowest BCUT2D eigenvalue weighted by Gasteiger charge is -2.30. The molecule has 2 heterocycles. The van der Waals surface area contributed by atoms with Gasteiger partial charge in [0.15, 0.2) is 5.76 Å². The van der Waals surface area contributed by atoms with Gasteiger partial charge in [-0.1, -0.05) is 12.1 Å². The van der Waals surface area contributed by atoms with Crippen molar-refractivity contribution in [1.29, 1.82) is 0 Å². The third kappa shape index (κ3) is 5.34. The van der Waals surface area contributed by atoms with Gasteiger partial charge in [0.1, 0.15) is 11.6 Å². The number of aromatic nitrogens is 1. The molecule has 1 aliphatic heterocycles. The molecule has 1 aliphatic rings. The Morgan fingerprint density at radius 2 is 1.97 bits per heavy atom. The highest BCUT2D eigenvalue weighted by molar-refractivity contribution is 5.78. The van der Waals surface area contributed by atoms with Crippen LogP contribution >= 0.6 is 0 Å². The maximum atomic E-state index is 13.7. The number of hydrogen-bond acceptors (Lipinski definition) is 5. The second-order valence-electron chi connectivity index (χ2n) is 8.20. The summed E-state index contributed by atoms with van der Waals surface area (Å²) >= 11 is 0. The second kappa shape index (κ2) is 9.96. The van der Waals surface area contributed by atoms with Crippen LogP contribution in [0.1, 0.15) is 29.9 Å². The quantitative estimate of drug-likeness (QED) is 0.596. The number of oxazole rings is 1. The molecule has 7 heteroatoms. The van der Waals surface area contributed by atoms with Crippen LogP contribution in [0.15, 0.2) is 53.1 Å². The minimum absolute atomic E-state index is 0.0269. The number of likely N-dealkylation sites (tertiary alicyclic amines) is 1. The molecule has 0 spiro atoms. The summed E-state index contributed by atoms with van der Waals surface area (Å²) in [7, 11) is 1.64. The Hall–Kier alpha value is -3.19. The van der Waals surface area contributed by atoms with Gasteiger partial charge in [-0.3, -0.25) is 9.69 Å². The van der Waals surface area contributed by atoms with Crippen molar-refractivity contribution in [3.05, 3.63) is 71.5 Å². The molecule has 0 bridgehead atoms. The zero-order valence-electron chi connectivity index (χ0n) is 18.4. The van der Waals surface area contributed by atoms with Gasteiger partial charge in [0.2, 0.25) is 11.8 Å². The van der Waals surface area contributed by atoms with Gasteiger partial charge in [0.05, 0.1) is 19.9 Å². The number of nitrogens with one attached hydrogen (secondary N) is 1. The average Bonchev–Trinajstić information content (AvgIpc) is 3.28. The minimum atomic E-state index is -0.244. The topological polar surface area (TPSA) is 67.6 Å². The molecular weight excluding hydrogens is 409 g/mol. The summed E-state index contributed by atoms with van der Waals surface area (Å²) in [6.45, 7) is 4.30. The number of aryl methyl sites for hydroxylation is 1. The highest BCUT2D eigenvalue weighted by atomic mass is 19.1. The Balaban J connectivity index is 1.24. The highest BCUT2D eigenvalue weighted by Gasteiger charge is 2.25. The second-order valence-corrected chi connectivity index (χ2v) is 8.20. The van der Waals surface area contributed by atoms with Crippen LogP contribution in [0.25, 0.3) is 11.3 Å². The highest BCUT2D eigenvalue weighted by Crippen LogP contribution is 2.25. The van der Waals surface area contributed by atoms with E-state index in [0.717, 1.165) is 48.6 Å². The summed E-state index contributed by atoms with van der Waals surface area (Å²) in [5, 5.41) is 2.95. The first kappa shape index (κ1) is 22.0. The van der Waals surface area contributed by atoms with Gasteiger partial charge >= 0.3 is 0 Å². The number of hydrogen-bond donors (Lipinski definition) is 1. The fraction of sp³-hybridized carbons (Fsp3) is 0.360. The van der Waals surface area contributed by atoms with Gasteiger partial charge in [-0.05, 0) is 74.3 Å². The van der Waals surface area contributed by atoms with Gasteiger partial charge in [0, 0.05) is 18.0 Å². The smallest absolute Gasteiger partial charge is 0.223 e. The molecule has 32 heavy (non-hydrogen) atoms. The van der Waals surface area contributed by atoms with Crippen LogP contribution in [0.4, 0.5) is 4.39 Å². The van der Waals surface area contributed by atoms with Crippen molar-refractivity contribution in [3.8, 4) is 17.1 Å². The zero-order chi connectivity index (χ0) is 22.5. The number of carbonyl (C=O) groups is 1. The predicted octanol–water partition coefficient (Wildman–Crippen LogP) is 4.33. The lowest BCUT2D eigenvalue weighted by molar-refractivity contribution is -0.126. The van der Waals surface area contributed by atoms with E-state index in [4.69, 9.17) is 9.15 Å². The molecule has 0 aliphatic carbocycles. The third-order valence-electron chi connectivity index (χ3n) is 5.95. The Morgan fingerprint density at radius 1 is 1.22 bits per heavy atom. The molecule has 1 aromatic heterocycles. The van der Waals surface area contributed by atoms with E-state index in [1.807, 2.05) is 30.3 Å². The maximum absolute atomic E-state index is 13.7. The third-order valence-corrected chi connectivity index (χ3v) is 5.95. The van der Waals surface area contributed by atoms with E-state index in [1.165, 1.54) is 6.07 Å². The average molecular weight is 438 g/mol. The van der Waals surface area contributed by atoms with Crippen molar-refractivity contribution >= 4 is 5.91 Å². The lowest BCUT2D eigenvalue weighted by atomic mass is 9.96. The molecule has 168 valence electrons. The van der Waals surface area contributed by atoms with Crippen molar-refractivity contribution in [2.24, 2.45) is 5.92 Å². The van der Waals surface area contributed by atoms with Crippen molar-refractivity contribution in [3.63, 3.8) is 0 Å². The SMILES string of the molecule is COc1ccc(-c2cnc(CN3CCC(C(=O)NCc4ccc(C)c(F)c4)CC3)o2)cc1. The normalized spacial score (nSPS) is 15.0. The van der Waals surface area contributed by atoms with E-state index in [2.05, 4.69) is 15.2 Å². The number of carbonyl (C=O) groups excluding carboxylic acids is 1. The van der Waals surface area contributed by atoms with Crippen LogP contribution in [-0.4, -0.2) is 36.0 Å². The van der Waals surface area contributed by atoms with Crippen molar-refractivity contribution in [1.82, 2.24) is 15.2 Å². The standard InChI is InChI=1S/C25H28FN3O3/c1-17-3-4-18(13-22(17)26)14-28-25(30)20-9-11-29(12-10-20)16-24-27-15-23(32-24)19-5-7-21(31-2)8-6-19/h3-8,13,15,20H,9-12,14,16H2,1-2H3,(H,28,30). The number of benzene rings is 2. The fourth-order valence-corrected chi connectivity index (χ4v) is 3.90. The van der Waals surface area contributed by atoms with Gasteiger partial charge in [-0.25, -0.2) is 9.37 Å². The number of methoxy groups -OCH3 is 1. The van der Waals surface area contributed by atoms with E-state index in [1.54, 1.807) is 26.3 Å². The Morgan fingerprint density at radius 3 is 2.66 bits per heavy atom. The number of piperidine rings is 1. The molecule has 0 radical (unpaired) electrons. The minimum Gasteiger partial charge on any atom is -0.497 e. The Bertz CT molecular complexity index is 1060. The van der Waals surface area contributed by atoms with Crippen LogP contribution in [0, 0.1) is 18.7 Å². The molecule has 2 aromatic carbocycles. The van der Waals surface area contributed by atoms with E-state index < -0.39 is 0 Å². The van der Waals surface area contributed by atoms with Crippen LogP contribution in [0.2, 0.25) is 0 Å². The van der Waals surface area contributed by atoms with Gasteiger partial charge in [-0.15, -0.1) is 0 Å². The summed E-state index contributed by atoms with van der Waals surface area (Å²) in [5.74, 6) is 1.95. The molecule has 1 amide bonds. The number of rotatable bonds is 7. The monoisotopic (exact) mass is 437 g/mol. The van der Waals surface area contributed by atoms with Crippen molar-refractivity contribution in [2.45, 2.75) is 32.9 Å². The molecule has 1 N–H and O–H groups in total. The largest absolute Gasteiger partial charge is 0.497 e. The molecule has 0 saturated carbocycles.